The van der Waals surface area contributed by atoms with Crippen molar-refractivity contribution >= 4 is 33.0 Å². The molecule has 1 unspecified atom stereocenters. The third-order valence-electron chi connectivity index (χ3n) is 3.52. The molecule has 0 aliphatic heterocycles. The van der Waals surface area contributed by atoms with E-state index in [9.17, 15) is 9.50 Å². The fourth-order valence-corrected chi connectivity index (χ4v) is 3.70. The van der Waals surface area contributed by atoms with Gasteiger partial charge in [0.2, 0.25) is 0 Å². The molecule has 108 valence electrons. The molecule has 0 amide bonds. The highest BCUT2D eigenvalue weighted by Crippen LogP contribution is 2.28. The molecule has 4 heteroatoms. The summed E-state index contributed by atoms with van der Waals surface area (Å²) in [6.45, 7) is 0. The Balaban J connectivity index is 1.79. The lowest BCUT2D eigenvalue weighted by Crippen LogP contribution is -2.15. The molecular formula is C17H14ClFOS. The highest BCUT2D eigenvalue weighted by Gasteiger charge is 2.15. The molecule has 0 saturated carbocycles. The first-order valence-electron chi connectivity index (χ1n) is 6.71. The zero-order chi connectivity index (χ0) is 14.8. The first kappa shape index (κ1) is 14.5. The fourth-order valence-electron chi connectivity index (χ4n) is 2.48. The van der Waals surface area contributed by atoms with Crippen molar-refractivity contribution in [2.45, 2.75) is 18.9 Å². The van der Waals surface area contributed by atoms with Crippen molar-refractivity contribution in [3.05, 3.63) is 69.8 Å². The van der Waals surface area contributed by atoms with Crippen molar-refractivity contribution < 1.29 is 9.50 Å². The molecule has 1 aromatic heterocycles. The lowest BCUT2D eigenvalue weighted by molar-refractivity contribution is 0.174. The molecule has 3 aromatic rings. The Morgan fingerprint density at radius 2 is 1.90 bits per heavy atom. The lowest BCUT2D eigenvalue weighted by Gasteiger charge is -2.12. The summed E-state index contributed by atoms with van der Waals surface area (Å²) in [6, 6.07) is 12.7. The van der Waals surface area contributed by atoms with E-state index >= 15 is 0 Å². The van der Waals surface area contributed by atoms with Gasteiger partial charge in [0.25, 0.3) is 0 Å². The van der Waals surface area contributed by atoms with Gasteiger partial charge in [-0.05, 0) is 34.5 Å². The van der Waals surface area contributed by atoms with Crippen molar-refractivity contribution in [2.75, 3.05) is 0 Å². The molecule has 1 heterocycles. The van der Waals surface area contributed by atoms with Gasteiger partial charge in [-0.25, -0.2) is 4.39 Å². The Bertz CT molecular complexity index is 748. The molecule has 3 rings (SSSR count). The normalized spacial score (nSPS) is 12.7. The second kappa shape index (κ2) is 6.14. The summed E-state index contributed by atoms with van der Waals surface area (Å²) in [5.74, 6) is -0.364. The summed E-state index contributed by atoms with van der Waals surface area (Å²) in [7, 11) is 0. The van der Waals surface area contributed by atoms with Crippen molar-refractivity contribution in [1.29, 1.82) is 0 Å². The van der Waals surface area contributed by atoms with Gasteiger partial charge < -0.3 is 5.11 Å². The van der Waals surface area contributed by atoms with Crippen LogP contribution in [0.25, 0.3) is 10.1 Å². The van der Waals surface area contributed by atoms with Crippen LogP contribution in [0.15, 0.2) is 47.8 Å². The Morgan fingerprint density at radius 3 is 2.71 bits per heavy atom. The van der Waals surface area contributed by atoms with Crippen LogP contribution >= 0.6 is 22.9 Å². The number of benzene rings is 2. The van der Waals surface area contributed by atoms with Crippen molar-refractivity contribution in [3.63, 3.8) is 0 Å². The fraction of sp³-hybridized carbons (Fsp3) is 0.176. The van der Waals surface area contributed by atoms with Gasteiger partial charge in [0.05, 0.1) is 6.10 Å². The topological polar surface area (TPSA) is 20.2 Å². The minimum Gasteiger partial charge on any atom is -0.392 e. The highest BCUT2D eigenvalue weighted by atomic mass is 35.5. The molecule has 1 nitrogen and oxygen atoms in total. The second-order valence-corrected chi connectivity index (χ2v) is 6.34. The minimum atomic E-state index is -0.655. The van der Waals surface area contributed by atoms with Gasteiger partial charge in [-0.15, -0.1) is 11.3 Å². The van der Waals surface area contributed by atoms with Crippen molar-refractivity contribution in [2.24, 2.45) is 0 Å². The van der Waals surface area contributed by atoms with Crippen molar-refractivity contribution in [3.8, 4) is 0 Å². The molecule has 0 spiro atoms. The van der Waals surface area contributed by atoms with Crippen LogP contribution in [0.4, 0.5) is 4.39 Å². The lowest BCUT2D eigenvalue weighted by atomic mass is 10.0. The Morgan fingerprint density at radius 1 is 1.10 bits per heavy atom. The Kier molecular flexibility index (Phi) is 4.24. The number of halogens is 2. The van der Waals surface area contributed by atoms with Crippen LogP contribution in [0.5, 0.6) is 0 Å². The molecule has 0 saturated heterocycles. The van der Waals surface area contributed by atoms with Crippen LogP contribution in [0.2, 0.25) is 5.02 Å². The first-order valence-corrected chi connectivity index (χ1v) is 7.97. The zero-order valence-electron chi connectivity index (χ0n) is 11.2. The Hall–Kier alpha value is -1.42. The third-order valence-corrected chi connectivity index (χ3v) is 4.88. The molecule has 0 aliphatic carbocycles. The van der Waals surface area contributed by atoms with E-state index in [4.69, 9.17) is 11.6 Å². The number of fused-ring (bicyclic) bond motifs is 1. The van der Waals surface area contributed by atoms with Crippen LogP contribution in [0.3, 0.4) is 0 Å². The van der Waals surface area contributed by atoms with Crippen LogP contribution in [0, 0.1) is 5.82 Å². The van der Waals surface area contributed by atoms with Crippen LogP contribution in [0.1, 0.15) is 11.1 Å². The van der Waals surface area contributed by atoms with E-state index in [0.717, 1.165) is 10.9 Å². The third kappa shape index (κ3) is 3.10. The molecule has 0 aliphatic rings. The van der Waals surface area contributed by atoms with E-state index in [1.165, 1.54) is 10.8 Å². The minimum absolute atomic E-state index is 0.218. The van der Waals surface area contributed by atoms with Gasteiger partial charge in [0.15, 0.2) is 0 Å². The molecule has 0 fully saturated rings. The summed E-state index contributed by atoms with van der Waals surface area (Å²) in [5.41, 5.74) is 1.47. The molecule has 1 atom stereocenters. The highest BCUT2D eigenvalue weighted by molar-refractivity contribution is 7.17. The molecule has 0 radical (unpaired) electrons. The maximum atomic E-state index is 13.7. The summed E-state index contributed by atoms with van der Waals surface area (Å²) < 4.78 is 14.9. The summed E-state index contributed by atoms with van der Waals surface area (Å²) in [6.07, 6.45) is 0.0575. The number of aliphatic hydroxyl groups excluding tert-OH is 1. The van der Waals surface area contributed by atoms with Crippen LogP contribution < -0.4 is 0 Å². The Labute approximate surface area is 131 Å². The number of aliphatic hydroxyl groups is 1. The van der Waals surface area contributed by atoms with Crippen molar-refractivity contribution in [1.82, 2.24) is 0 Å². The number of thiophene rings is 1. The van der Waals surface area contributed by atoms with Crippen LogP contribution in [-0.2, 0) is 12.8 Å². The number of hydrogen-bond donors (Lipinski definition) is 1. The summed E-state index contributed by atoms with van der Waals surface area (Å²) in [5, 5.41) is 13.8. The monoisotopic (exact) mass is 320 g/mol. The van der Waals surface area contributed by atoms with Gasteiger partial charge in [0, 0.05) is 28.1 Å². The van der Waals surface area contributed by atoms with Gasteiger partial charge in [-0.1, -0.05) is 35.9 Å². The zero-order valence-corrected chi connectivity index (χ0v) is 12.8. The molecule has 0 bridgehead atoms. The molecular weight excluding hydrogens is 307 g/mol. The second-order valence-electron chi connectivity index (χ2n) is 5.02. The van der Waals surface area contributed by atoms with Gasteiger partial charge >= 0.3 is 0 Å². The molecule has 2 aromatic carbocycles. The number of rotatable bonds is 4. The SMILES string of the molecule is OC(Cc1c(F)cccc1Cl)Cc1csc2ccccc12. The predicted molar refractivity (Wildman–Crippen MR) is 86.6 cm³/mol. The van der Waals surface area contributed by atoms with E-state index in [1.54, 1.807) is 23.5 Å². The maximum absolute atomic E-state index is 13.7. The van der Waals surface area contributed by atoms with E-state index < -0.39 is 6.10 Å². The molecule has 21 heavy (non-hydrogen) atoms. The smallest absolute Gasteiger partial charge is 0.127 e. The van der Waals surface area contributed by atoms with Crippen LogP contribution in [-0.4, -0.2) is 11.2 Å². The maximum Gasteiger partial charge on any atom is 0.127 e. The van der Waals surface area contributed by atoms with Gasteiger partial charge in [0.1, 0.15) is 5.82 Å². The van der Waals surface area contributed by atoms with Gasteiger partial charge in [-0.2, -0.15) is 0 Å². The average molecular weight is 321 g/mol. The van der Waals surface area contributed by atoms with E-state index in [0.29, 0.717) is 17.0 Å². The van der Waals surface area contributed by atoms with Gasteiger partial charge in [-0.3, -0.25) is 0 Å². The summed E-state index contributed by atoms with van der Waals surface area (Å²) >= 11 is 7.66. The average Bonchev–Trinajstić information content (AvgIpc) is 2.87. The summed E-state index contributed by atoms with van der Waals surface area (Å²) in [4.78, 5) is 0. The number of hydrogen-bond acceptors (Lipinski definition) is 2. The van der Waals surface area contributed by atoms with E-state index in [1.807, 2.05) is 18.2 Å². The predicted octanol–water partition coefficient (Wildman–Crippen LogP) is 4.84. The quantitative estimate of drug-likeness (QED) is 0.729. The van der Waals surface area contributed by atoms with E-state index in [-0.39, 0.29) is 12.2 Å². The largest absolute Gasteiger partial charge is 0.392 e. The standard InChI is InChI=1S/C17H14ClFOS/c18-15-5-3-6-16(19)14(15)9-12(20)8-11-10-21-17-7-2-1-4-13(11)17/h1-7,10,12,20H,8-9H2. The van der Waals surface area contributed by atoms with E-state index in [2.05, 4.69) is 11.4 Å². The molecule has 1 N–H and O–H groups in total. The first-order chi connectivity index (χ1) is 10.1.